The summed E-state index contributed by atoms with van der Waals surface area (Å²) < 4.78 is 19.1. The summed E-state index contributed by atoms with van der Waals surface area (Å²) in [4.78, 5) is 16.4. The van der Waals surface area contributed by atoms with Crippen LogP contribution in [0.4, 0.5) is 10.2 Å². The lowest BCUT2D eigenvalue weighted by Gasteiger charge is -2.35. The second kappa shape index (κ2) is 5.62. The van der Waals surface area contributed by atoms with Crippen LogP contribution in [0, 0.1) is 5.95 Å². The topological polar surface area (TPSA) is 62.7 Å². The van der Waals surface area contributed by atoms with Gasteiger partial charge in [-0.25, -0.2) is 4.98 Å². The fourth-order valence-corrected chi connectivity index (χ4v) is 2.32. The predicted molar refractivity (Wildman–Crippen MR) is 66.1 cm³/mol. The average molecular weight is 319 g/mol. The molecule has 7 heteroatoms. The lowest BCUT2D eigenvalue weighted by atomic mass is 10.1. The molecule has 98 valence electrons. The summed E-state index contributed by atoms with van der Waals surface area (Å²) in [5.74, 6) is -1.08. The van der Waals surface area contributed by atoms with Gasteiger partial charge in [0.1, 0.15) is 5.82 Å². The molecule has 2 heterocycles. The number of ether oxygens (including phenoxy) is 1. The third-order valence-electron chi connectivity index (χ3n) is 2.68. The van der Waals surface area contributed by atoms with E-state index in [4.69, 9.17) is 9.84 Å². The predicted octanol–water partition coefficient (Wildman–Crippen LogP) is 1.66. The molecule has 0 aromatic carbocycles. The van der Waals surface area contributed by atoms with Crippen molar-refractivity contribution in [1.29, 1.82) is 0 Å². The van der Waals surface area contributed by atoms with Gasteiger partial charge in [0.2, 0.25) is 5.95 Å². The number of aromatic nitrogens is 1. The van der Waals surface area contributed by atoms with Crippen LogP contribution < -0.4 is 4.90 Å². The van der Waals surface area contributed by atoms with Crippen molar-refractivity contribution in [3.8, 4) is 0 Å². The second-order valence-corrected chi connectivity index (χ2v) is 4.90. The summed E-state index contributed by atoms with van der Waals surface area (Å²) in [6, 6.07) is 2.61. The first kappa shape index (κ1) is 13.2. The third-order valence-corrected chi connectivity index (χ3v) is 3.14. The molecule has 1 atom stereocenters. The number of nitrogens with zero attached hydrogens (tertiary/aromatic N) is 2. The Labute approximate surface area is 112 Å². The van der Waals surface area contributed by atoms with Gasteiger partial charge in [0.05, 0.1) is 25.7 Å². The number of halogens is 2. The van der Waals surface area contributed by atoms with E-state index >= 15 is 0 Å². The largest absolute Gasteiger partial charge is 0.481 e. The Hall–Kier alpha value is -1.21. The van der Waals surface area contributed by atoms with Gasteiger partial charge in [-0.1, -0.05) is 15.9 Å². The molecular weight excluding hydrogens is 307 g/mol. The van der Waals surface area contributed by atoms with Crippen LogP contribution in [0.5, 0.6) is 0 Å². The van der Waals surface area contributed by atoms with Gasteiger partial charge >= 0.3 is 5.97 Å². The van der Waals surface area contributed by atoms with Crippen LogP contribution in [-0.4, -0.2) is 41.9 Å². The number of carboxylic acid groups (broad SMARTS) is 1. The normalized spacial score (nSPS) is 19.9. The smallest absolute Gasteiger partial charge is 0.305 e. The molecule has 1 unspecified atom stereocenters. The maximum absolute atomic E-state index is 13.3. The van der Waals surface area contributed by atoms with Crippen molar-refractivity contribution in [3.05, 3.63) is 22.6 Å². The average Bonchev–Trinajstić information content (AvgIpc) is 2.27. The Kier molecular flexibility index (Phi) is 4.13. The first-order valence-corrected chi connectivity index (χ1v) is 6.25. The number of morpholine rings is 1. The zero-order valence-electron chi connectivity index (χ0n) is 9.47. The number of rotatable bonds is 3. The van der Waals surface area contributed by atoms with Gasteiger partial charge in [0, 0.05) is 17.1 Å². The van der Waals surface area contributed by atoms with Crippen molar-refractivity contribution >= 4 is 27.7 Å². The molecule has 1 aliphatic rings. The number of aliphatic carboxylic acids is 1. The number of carbonyl (C=O) groups is 1. The van der Waals surface area contributed by atoms with Crippen LogP contribution in [-0.2, 0) is 9.53 Å². The number of carboxylic acids is 1. The van der Waals surface area contributed by atoms with Crippen molar-refractivity contribution < 1.29 is 19.0 Å². The lowest BCUT2D eigenvalue weighted by molar-refractivity contribution is -0.138. The molecule has 1 fully saturated rings. The van der Waals surface area contributed by atoms with Crippen LogP contribution in [0.3, 0.4) is 0 Å². The first-order valence-electron chi connectivity index (χ1n) is 5.45. The van der Waals surface area contributed by atoms with Crippen LogP contribution in [0.25, 0.3) is 0 Å². The Morgan fingerprint density at radius 2 is 2.44 bits per heavy atom. The van der Waals surface area contributed by atoms with E-state index in [9.17, 15) is 9.18 Å². The molecule has 0 spiro atoms. The highest BCUT2D eigenvalue weighted by Crippen LogP contribution is 2.23. The Bertz CT molecular complexity index is 438. The summed E-state index contributed by atoms with van der Waals surface area (Å²) in [7, 11) is 0. The van der Waals surface area contributed by atoms with Gasteiger partial charge in [0.15, 0.2) is 0 Å². The quantitative estimate of drug-likeness (QED) is 0.859. The molecule has 0 saturated carbocycles. The SMILES string of the molecule is O=C(O)CC1COCCN1c1cc(Br)cc(F)n1. The molecule has 1 aliphatic heterocycles. The van der Waals surface area contributed by atoms with E-state index in [-0.39, 0.29) is 12.5 Å². The number of anilines is 1. The minimum atomic E-state index is -0.911. The van der Waals surface area contributed by atoms with Crippen molar-refractivity contribution in [3.63, 3.8) is 0 Å². The molecule has 5 nitrogen and oxygen atoms in total. The Balaban J connectivity index is 2.24. The molecule has 1 aromatic rings. The first-order chi connectivity index (χ1) is 8.56. The van der Waals surface area contributed by atoms with E-state index in [0.717, 1.165) is 0 Å². The summed E-state index contributed by atoms with van der Waals surface area (Å²) in [5.41, 5.74) is 0. The van der Waals surface area contributed by atoms with Crippen LogP contribution in [0.15, 0.2) is 16.6 Å². The molecular formula is C11H12BrFN2O3. The summed E-state index contributed by atoms with van der Waals surface area (Å²) in [5, 5.41) is 8.85. The van der Waals surface area contributed by atoms with E-state index in [2.05, 4.69) is 20.9 Å². The van der Waals surface area contributed by atoms with Crippen molar-refractivity contribution in [2.24, 2.45) is 0 Å². The summed E-state index contributed by atoms with van der Waals surface area (Å²) in [6.07, 6.45) is -0.0597. The molecule has 0 radical (unpaired) electrons. The molecule has 1 aromatic heterocycles. The fraction of sp³-hybridized carbons (Fsp3) is 0.455. The lowest BCUT2D eigenvalue weighted by Crippen LogP contribution is -2.47. The highest BCUT2D eigenvalue weighted by molar-refractivity contribution is 9.10. The fourth-order valence-electron chi connectivity index (χ4n) is 1.93. The van der Waals surface area contributed by atoms with Crippen molar-refractivity contribution in [1.82, 2.24) is 4.98 Å². The Morgan fingerprint density at radius 3 is 3.11 bits per heavy atom. The number of hydrogen-bond acceptors (Lipinski definition) is 4. The van der Waals surface area contributed by atoms with Gasteiger partial charge in [-0.15, -0.1) is 0 Å². The zero-order chi connectivity index (χ0) is 13.1. The minimum Gasteiger partial charge on any atom is -0.481 e. The maximum atomic E-state index is 13.3. The molecule has 18 heavy (non-hydrogen) atoms. The molecule has 2 rings (SSSR count). The summed E-state index contributed by atoms with van der Waals surface area (Å²) >= 11 is 3.20. The maximum Gasteiger partial charge on any atom is 0.305 e. The third kappa shape index (κ3) is 3.17. The molecule has 0 bridgehead atoms. The minimum absolute atomic E-state index is 0.0597. The van der Waals surface area contributed by atoms with Gasteiger partial charge in [0.25, 0.3) is 0 Å². The van der Waals surface area contributed by atoms with E-state index < -0.39 is 11.9 Å². The van der Waals surface area contributed by atoms with Gasteiger partial charge in [-0.3, -0.25) is 4.79 Å². The zero-order valence-corrected chi connectivity index (χ0v) is 11.1. The molecule has 1 saturated heterocycles. The van der Waals surface area contributed by atoms with Gasteiger partial charge in [-0.2, -0.15) is 4.39 Å². The second-order valence-electron chi connectivity index (χ2n) is 3.99. The molecule has 0 amide bonds. The molecule has 0 aliphatic carbocycles. The standard InChI is InChI=1S/C11H12BrFN2O3/c12-7-3-9(13)14-10(4-7)15-1-2-18-6-8(15)5-11(16)17/h3-4,8H,1-2,5-6H2,(H,16,17). The monoisotopic (exact) mass is 318 g/mol. The van der Waals surface area contributed by atoms with Crippen molar-refractivity contribution in [2.45, 2.75) is 12.5 Å². The molecule has 1 N–H and O–H groups in total. The summed E-state index contributed by atoms with van der Waals surface area (Å²) in [6.45, 7) is 1.29. The van der Waals surface area contributed by atoms with Gasteiger partial charge < -0.3 is 14.7 Å². The number of hydrogen-bond donors (Lipinski definition) is 1. The van der Waals surface area contributed by atoms with Crippen LogP contribution >= 0.6 is 15.9 Å². The van der Waals surface area contributed by atoms with Crippen molar-refractivity contribution in [2.75, 3.05) is 24.7 Å². The van der Waals surface area contributed by atoms with E-state index in [1.54, 1.807) is 11.0 Å². The highest BCUT2D eigenvalue weighted by atomic mass is 79.9. The van der Waals surface area contributed by atoms with E-state index in [0.29, 0.717) is 30.0 Å². The van der Waals surface area contributed by atoms with E-state index in [1.807, 2.05) is 0 Å². The van der Waals surface area contributed by atoms with E-state index in [1.165, 1.54) is 6.07 Å². The van der Waals surface area contributed by atoms with Crippen LogP contribution in [0.2, 0.25) is 0 Å². The van der Waals surface area contributed by atoms with Crippen LogP contribution in [0.1, 0.15) is 6.42 Å². The van der Waals surface area contributed by atoms with Gasteiger partial charge in [-0.05, 0) is 6.07 Å². The number of pyridine rings is 1. The highest BCUT2D eigenvalue weighted by Gasteiger charge is 2.26. The Morgan fingerprint density at radius 1 is 1.67 bits per heavy atom.